The first kappa shape index (κ1) is 23.6. The Bertz CT molecular complexity index is 1380. The van der Waals surface area contributed by atoms with Gasteiger partial charge in [-0.05, 0) is 44.0 Å². The molecule has 0 fully saturated rings. The Morgan fingerprint density at radius 2 is 1.76 bits per heavy atom. The van der Waals surface area contributed by atoms with Gasteiger partial charge in [0.1, 0.15) is 17.2 Å². The topological polar surface area (TPSA) is 85.3 Å². The third-order valence-electron chi connectivity index (χ3n) is 5.93. The van der Waals surface area contributed by atoms with Crippen LogP contribution in [0.15, 0.2) is 57.7 Å². The molecule has 2 aliphatic rings. The maximum absolute atomic E-state index is 15.1. The summed E-state index contributed by atoms with van der Waals surface area (Å²) in [5.41, 5.74) is 6.46. The molecular formula is C27H26F2N2O3. The Morgan fingerprint density at radius 1 is 1.00 bits per heavy atom. The second-order valence-electron chi connectivity index (χ2n) is 8.36. The number of hydrogen-bond donors (Lipinski definition) is 2. The van der Waals surface area contributed by atoms with Crippen LogP contribution in [-0.2, 0) is 0 Å². The number of carbonyl (C=O) groups excluding carboxylic acids is 1. The van der Waals surface area contributed by atoms with Crippen molar-refractivity contribution in [2.75, 3.05) is 18.4 Å². The van der Waals surface area contributed by atoms with Crippen molar-refractivity contribution in [3.05, 3.63) is 87.1 Å². The van der Waals surface area contributed by atoms with Gasteiger partial charge in [-0.3, -0.25) is 9.59 Å². The first-order chi connectivity index (χ1) is 16.4. The number of aryl methyl sites for hydroxylation is 1. The van der Waals surface area contributed by atoms with Crippen LogP contribution in [0.3, 0.4) is 0 Å². The van der Waals surface area contributed by atoms with Crippen LogP contribution < -0.4 is 16.5 Å². The molecule has 0 unspecified atom stereocenters. The van der Waals surface area contributed by atoms with Crippen molar-refractivity contribution in [3.63, 3.8) is 0 Å². The average Bonchev–Trinajstić information content (AvgIpc) is 2.81. The molecule has 3 N–H and O–H groups in total. The van der Waals surface area contributed by atoms with Gasteiger partial charge in [0.2, 0.25) is 5.43 Å². The summed E-state index contributed by atoms with van der Waals surface area (Å²) in [6.07, 6.45) is 3.79. The highest BCUT2D eigenvalue weighted by Crippen LogP contribution is 2.37. The van der Waals surface area contributed by atoms with Gasteiger partial charge in [-0.25, -0.2) is 8.78 Å². The lowest BCUT2D eigenvalue weighted by molar-refractivity contribution is 0.104. The van der Waals surface area contributed by atoms with Gasteiger partial charge in [-0.1, -0.05) is 37.1 Å². The molecule has 5 nitrogen and oxygen atoms in total. The second-order valence-corrected chi connectivity index (χ2v) is 8.36. The van der Waals surface area contributed by atoms with E-state index < -0.39 is 22.8 Å². The zero-order valence-corrected chi connectivity index (χ0v) is 18.9. The molecule has 2 aromatic rings. The smallest absolute Gasteiger partial charge is 0.217 e. The third-order valence-corrected chi connectivity index (χ3v) is 5.93. The molecule has 0 radical (unpaired) electrons. The lowest BCUT2D eigenvalue weighted by Gasteiger charge is -2.16. The first-order valence-electron chi connectivity index (χ1n) is 11.3. The molecule has 4 rings (SSSR count). The van der Waals surface area contributed by atoms with Gasteiger partial charge in [0.05, 0.1) is 5.69 Å². The van der Waals surface area contributed by atoms with Crippen LogP contribution >= 0.6 is 0 Å². The summed E-state index contributed by atoms with van der Waals surface area (Å²) in [4.78, 5) is 25.5. The molecule has 1 heterocycles. The molecule has 0 saturated heterocycles. The molecule has 0 atom stereocenters. The van der Waals surface area contributed by atoms with Crippen molar-refractivity contribution in [2.45, 2.75) is 32.6 Å². The summed E-state index contributed by atoms with van der Waals surface area (Å²) in [6.45, 7) is 3.00. The maximum atomic E-state index is 15.1. The highest BCUT2D eigenvalue weighted by molar-refractivity contribution is 6.20. The SMILES string of the molecule is Cc1ccccc1C(=O)c1c2cc(F)c(=O)cc-2oc2cc(NCCCCCCN)c(F)cc12. The van der Waals surface area contributed by atoms with E-state index in [-0.39, 0.29) is 33.5 Å². The van der Waals surface area contributed by atoms with Gasteiger partial charge >= 0.3 is 0 Å². The predicted octanol–water partition coefficient (Wildman–Crippen LogP) is 5.65. The fraction of sp³-hybridized carbons (Fsp3) is 0.259. The number of fused-ring (bicyclic) bond motifs is 2. The minimum atomic E-state index is -1.01. The van der Waals surface area contributed by atoms with Gasteiger partial charge in [0, 0.05) is 40.8 Å². The molecule has 0 spiro atoms. The molecule has 34 heavy (non-hydrogen) atoms. The standard InChI is InChI=1S/C27H26F2N2O3/c1-16-8-4-5-9-17(16)27(33)26-18-12-20(28)22(31-11-7-3-2-6-10-30)14-24(18)34-25-15-23(32)21(29)13-19(25)26/h4-5,8-9,12-15,31H,2-3,6-7,10-11,30H2,1H3. The van der Waals surface area contributed by atoms with E-state index in [4.69, 9.17) is 10.2 Å². The van der Waals surface area contributed by atoms with Crippen molar-refractivity contribution in [1.82, 2.24) is 0 Å². The molecule has 0 bridgehead atoms. The fourth-order valence-corrected chi connectivity index (χ4v) is 4.10. The Hall–Kier alpha value is -3.58. The van der Waals surface area contributed by atoms with E-state index in [1.807, 2.05) is 0 Å². The summed E-state index contributed by atoms with van der Waals surface area (Å²) in [7, 11) is 0. The number of hydrogen-bond acceptors (Lipinski definition) is 5. The number of halogens is 2. The lowest BCUT2D eigenvalue weighted by atomic mass is 9.91. The molecule has 0 aromatic heterocycles. The van der Waals surface area contributed by atoms with Crippen LogP contribution in [0.1, 0.15) is 47.2 Å². The summed E-state index contributed by atoms with van der Waals surface area (Å²) >= 11 is 0. The summed E-state index contributed by atoms with van der Waals surface area (Å²) in [5, 5.41) is 3.28. The number of nitrogens with two attached hydrogens (primary N) is 1. The quantitative estimate of drug-likeness (QED) is 0.190. The van der Waals surface area contributed by atoms with Crippen LogP contribution in [0.5, 0.6) is 0 Å². The molecule has 0 amide bonds. The van der Waals surface area contributed by atoms with Crippen LogP contribution in [0.4, 0.5) is 14.5 Å². The Morgan fingerprint density at radius 3 is 2.53 bits per heavy atom. The van der Waals surface area contributed by atoms with E-state index in [1.54, 1.807) is 31.2 Å². The number of unbranched alkanes of at least 4 members (excludes halogenated alkanes) is 3. The minimum absolute atomic E-state index is 0.0650. The van der Waals surface area contributed by atoms with Gasteiger partial charge in [-0.2, -0.15) is 0 Å². The van der Waals surface area contributed by atoms with E-state index in [9.17, 15) is 14.0 Å². The first-order valence-corrected chi connectivity index (χ1v) is 11.3. The van der Waals surface area contributed by atoms with Crippen LogP contribution in [0.25, 0.3) is 22.3 Å². The van der Waals surface area contributed by atoms with E-state index >= 15 is 4.39 Å². The zero-order valence-electron chi connectivity index (χ0n) is 18.9. The van der Waals surface area contributed by atoms with Gasteiger partial charge < -0.3 is 15.5 Å². The molecule has 7 heteroatoms. The minimum Gasteiger partial charge on any atom is -0.456 e. The largest absolute Gasteiger partial charge is 0.456 e. The maximum Gasteiger partial charge on any atom is 0.217 e. The molecule has 176 valence electrons. The summed E-state index contributed by atoms with van der Waals surface area (Å²) in [5.74, 6) is -1.89. The van der Waals surface area contributed by atoms with E-state index in [0.29, 0.717) is 18.7 Å². The van der Waals surface area contributed by atoms with Crippen molar-refractivity contribution < 1.29 is 18.0 Å². The lowest BCUT2D eigenvalue weighted by Crippen LogP contribution is -2.12. The Balaban J connectivity index is 1.82. The van der Waals surface area contributed by atoms with E-state index in [1.165, 1.54) is 12.1 Å². The van der Waals surface area contributed by atoms with E-state index in [2.05, 4.69) is 5.32 Å². The van der Waals surface area contributed by atoms with E-state index in [0.717, 1.165) is 43.4 Å². The molecule has 2 aromatic carbocycles. The van der Waals surface area contributed by atoms with Crippen LogP contribution in [-0.4, -0.2) is 18.9 Å². The zero-order chi connectivity index (χ0) is 24.2. The number of nitrogens with one attached hydrogen (secondary N) is 1. The highest BCUT2D eigenvalue weighted by Gasteiger charge is 2.25. The average molecular weight is 465 g/mol. The fourth-order valence-electron chi connectivity index (χ4n) is 4.10. The third kappa shape index (κ3) is 4.70. The number of rotatable bonds is 9. The Kier molecular flexibility index (Phi) is 7.03. The van der Waals surface area contributed by atoms with Crippen LogP contribution in [0.2, 0.25) is 0 Å². The summed E-state index contributed by atoms with van der Waals surface area (Å²) in [6, 6.07) is 11.7. The monoisotopic (exact) mass is 464 g/mol. The number of carbonyl (C=O) groups is 1. The van der Waals surface area contributed by atoms with Crippen molar-refractivity contribution in [1.29, 1.82) is 0 Å². The number of anilines is 1. The van der Waals surface area contributed by atoms with Crippen molar-refractivity contribution in [3.8, 4) is 11.3 Å². The van der Waals surface area contributed by atoms with Gasteiger partial charge in [-0.15, -0.1) is 0 Å². The normalized spacial score (nSPS) is 11.3. The highest BCUT2D eigenvalue weighted by atomic mass is 19.1. The summed E-state index contributed by atoms with van der Waals surface area (Å²) < 4.78 is 35.1. The predicted molar refractivity (Wildman–Crippen MR) is 130 cm³/mol. The number of benzene rings is 3. The molecule has 1 aliphatic heterocycles. The van der Waals surface area contributed by atoms with Gasteiger partial charge in [0.25, 0.3) is 0 Å². The second kappa shape index (κ2) is 10.1. The Labute approximate surface area is 195 Å². The van der Waals surface area contributed by atoms with Gasteiger partial charge in [0.15, 0.2) is 11.6 Å². The van der Waals surface area contributed by atoms with Crippen LogP contribution in [0, 0.1) is 18.6 Å². The van der Waals surface area contributed by atoms with Crippen molar-refractivity contribution >= 4 is 22.4 Å². The number of ketones is 1. The molecule has 0 saturated carbocycles. The molecular weight excluding hydrogens is 438 g/mol. The van der Waals surface area contributed by atoms with Crippen molar-refractivity contribution in [2.24, 2.45) is 5.73 Å². The molecule has 1 aliphatic carbocycles.